The molecular formula is C23H33N5O. The third-order valence-electron chi connectivity index (χ3n) is 6.40. The highest BCUT2D eigenvalue weighted by atomic mass is 16.5. The van der Waals surface area contributed by atoms with Gasteiger partial charge >= 0.3 is 0 Å². The third-order valence-corrected chi connectivity index (χ3v) is 6.40. The molecule has 0 spiro atoms. The van der Waals surface area contributed by atoms with Crippen LogP contribution < -0.4 is 15.0 Å². The van der Waals surface area contributed by atoms with Crippen molar-refractivity contribution in [3.8, 4) is 5.75 Å². The lowest BCUT2D eigenvalue weighted by Gasteiger charge is -2.37. The summed E-state index contributed by atoms with van der Waals surface area (Å²) in [4.78, 5) is 13.7. The van der Waals surface area contributed by atoms with Gasteiger partial charge in [0.2, 0.25) is 5.95 Å². The summed E-state index contributed by atoms with van der Waals surface area (Å²) in [7, 11) is 1.76. The van der Waals surface area contributed by atoms with E-state index in [2.05, 4.69) is 43.3 Å². The summed E-state index contributed by atoms with van der Waals surface area (Å²) < 4.78 is 5.53. The molecule has 2 aromatic rings. The summed E-state index contributed by atoms with van der Waals surface area (Å²) in [6, 6.07) is 10.7. The van der Waals surface area contributed by atoms with Gasteiger partial charge in [-0.1, -0.05) is 12.1 Å². The van der Waals surface area contributed by atoms with Crippen LogP contribution in [0.5, 0.6) is 5.75 Å². The van der Waals surface area contributed by atoms with Crippen LogP contribution in [0.3, 0.4) is 0 Å². The number of para-hydroxylation sites is 2. The monoisotopic (exact) mass is 395 g/mol. The fraction of sp³-hybridized carbons (Fsp3) is 0.565. The van der Waals surface area contributed by atoms with Crippen molar-refractivity contribution in [1.82, 2.24) is 14.9 Å². The normalized spacial score (nSPS) is 23.0. The Balaban J connectivity index is 1.16. The predicted octanol–water partition coefficient (Wildman–Crippen LogP) is 3.67. The van der Waals surface area contributed by atoms with Crippen LogP contribution in [0, 0.1) is 5.92 Å². The molecule has 1 saturated heterocycles. The number of nitrogens with zero attached hydrogens (tertiary/aromatic N) is 4. The second kappa shape index (κ2) is 9.92. The lowest BCUT2D eigenvalue weighted by atomic mass is 9.84. The lowest BCUT2D eigenvalue weighted by molar-refractivity contribution is 0.218. The smallest absolute Gasteiger partial charge is 0.222 e. The molecule has 4 rings (SSSR count). The van der Waals surface area contributed by atoms with Gasteiger partial charge in [0.25, 0.3) is 0 Å². The van der Waals surface area contributed by atoms with Gasteiger partial charge in [-0.3, -0.25) is 4.90 Å². The Labute approximate surface area is 174 Å². The highest BCUT2D eigenvalue weighted by Gasteiger charge is 2.24. The Morgan fingerprint density at radius 2 is 1.69 bits per heavy atom. The van der Waals surface area contributed by atoms with Crippen LogP contribution in [0.2, 0.25) is 0 Å². The molecule has 0 radical (unpaired) electrons. The van der Waals surface area contributed by atoms with Gasteiger partial charge < -0.3 is 15.0 Å². The number of piperazine rings is 1. The maximum atomic E-state index is 5.53. The Bertz CT molecular complexity index is 740. The molecule has 1 aromatic carbocycles. The Hall–Kier alpha value is -2.34. The Kier molecular flexibility index (Phi) is 6.83. The van der Waals surface area contributed by atoms with Crippen molar-refractivity contribution in [2.75, 3.05) is 50.1 Å². The number of hydrogen-bond acceptors (Lipinski definition) is 6. The molecule has 0 atom stereocenters. The van der Waals surface area contributed by atoms with Crippen LogP contribution in [0.4, 0.5) is 11.6 Å². The van der Waals surface area contributed by atoms with E-state index in [9.17, 15) is 0 Å². The van der Waals surface area contributed by atoms with Crippen LogP contribution in [0.25, 0.3) is 0 Å². The second-order valence-corrected chi connectivity index (χ2v) is 8.22. The van der Waals surface area contributed by atoms with Crippen LogP contribution in [-0.4, -0.2) is 60.7 Å². The Morgan fingerprint density at radius 3 is 2.41 bits per heavy atom. The zero-order valence-corrected chi connectivity index (χ0v) is 17.5. The van der Waals surface area contributed by atoms with Crippen molar-refractivity contribution >= 4 is 11.6 Å². The molecule has 29 heavy (non-hydrogen) atoms. The summed E-state index contributed by atoms with van der Waals surface area (Å²) in [5.41, 5.74) is 1.22. The molecule has 156 valence electrons. The molecule has 0 amide bonds. The van der Waals surface area contributed by atoms with E-state index in [0.29, 0.717) is 6.04 Å². The minimum Gasteiger partial charge on any atom is -0.495 e. The summed E-state index contributed by atoms with van der Waals surface area (Å²) >= 11 is 0. The molecule has 1 aliphatic heterocycles. The number of benzene rings is 1. The van der Waals surface area contributed by atoms with Gasteiger partial charge in [-0.05, 0) is 62.8 Å². The zero-order chi connectivity index (χ0) is 19.9. The van der Waals surface area contributed by atoms with Gasteiger partial charge in [0.15, 0.2) is 0 Å². The van der Waals surface area contributed by atoms with Crippen LogP contribution in [0.15, 0.2) is 42.7 Å². The van der Waals surface area contributed by atoms with Gasteiger partial charge in [-0.2, -0.15) is 0 Å². The number of hydrogen-bond donors (Lipinski definition) is 1. The first-order chi connectivity index (χ1) is 14.3. The molecule has 1 saturated carbocycles. The summed E-state index contributed by atoms with van der Waals surface area (Å²) in [6.45, 7) is 5.66. The first-order valence-corrected chi connectivity index (χ1v) is 11.0. The minimum absolute atomic E-state index is 0.526. The van der Waals surface area contributed by atoms with Crippen molar-refractivity contribution in [3.63, 3.8) is 0 Å². The van der Waals surface area contributed by atoms with Gasteiger partial charge in [0, 0.05) is 44.6 Å². The largest absolute Gasteiger partial charge is 0.495 e. The van der Waals surface area contributed by atoms with Crippen molar-refractivity contribution in [2.24, 2.45) is 5.92 Å². The average molecular weight is 396 g/mol. The summed E-state index contributed by atoms with van der Waals surface area (Å²) in [6.07, 6.45) is 10.00. The van der Waals surface area contributed by atoms with Crippen molar-refractivity contribution < 1.29 is 4.74 Å². The number of anilines is 2. The van der Waals surface area contributed by atoms with E-state index >= 15 is 0 Å². The van der Waals surface area contributed by atoms with Crippen LogP contribution >= 0.6 is 0 Å². The highest BCUT2D eigenvalue weighted by molar-refractivity contribution is 5.58. The van der Waals surface area contributed by atoms with Crippen LogP contribution in [0.1, 0.15) is 32.1 Å². The molecule has 1 aliphatic carbocycles. The maximum absolute atomic E-state index is 5.53. The fourth-order valence-electron chi connectivity index (χ4n) is 4.62. The maximum Gasteiger partial charge on any atom is 0.222 e. The molecule has 1 N–H and O–H groups in total. The Morgan fingerprint density at radius 1 is 0.966 bits per heavy atom. The van der Waals surface area contributed by atoms with Crippen molar-refractivity contribution in [3.05, 3.63) is 42.7 Å². The number of methoxy groups -OCH3 is 1. The SMILES string of the molecule is COc1ccccc1N1CCN(CCC2CCC(Nc3ncccn3)CC2)CC1. The summed E-state index contributed by atoms with van der Waals surface area (Å²) in [5.74, 6) is 2.60. The first-order valence-electron chi connectivity index (χ1n) is 11.0. The van der Waals surface area contributed by atoms with Crippen molar-refractivity contribution in [1.29, 1.82) is 0 Å². The number of ether oxygens (including phenoxy) is 1. The van der Waals surface area contributed by atoms with Gasteiger partial charge in [-0.15, -0.1) is 0 Å². The molecule has 6 heteroatoms. The molecule has 2 fully saturated rings. The van der Waals surface area contributed by atoms with E-state index < -0.39 is 0 Å². The fourth-order valence-corrected chi connectivity index (χ4v) is 4.62. The van der Waals surface area contributed by atoms with E-state index in [1.54, 1.807) is 19.5 Å². The molecule has 2 heterocycles. The van der Waals surface area contributed by atoms with Gasteiger partial charge in [0.05, 0.1) is 12.8 Å². The van der Waals surface area contributed by atoms with E-state index in [-0.39, 0.29) is 0 Å². The standard InChI is InChI=1S/C23H33N5O/c1-29-22-6-3-2-5-21(22)28-17-15-27(16-18-28)14-11-19-7-9-20(10-8-19)26-23-24-12-4-13-25-23/h2-6,12-13,19-20H,7-11,14-18H2,1H3,(H,24,25,26). The third kappa shape index (κ3) is 5.38. The number of rotatable bonds is 7. The van der Waals surface area contributed by atoms with Crippen molar-refractivity contribution in [2.45, 2.75) is 38.1 Å². The molecule has 2 aliphatic rings. The van der Waals surface area contributed by atoms with Gasteiger partial charge in [0.1, 0.15) is 5.75 Å². The molecule has 1 aromatic heterocycles. The zero-order valence-electron chi connectivity index (χ0n) is 17.5. The quantitative estimate of drug-likeness (QED) is 0.772. The highest BCUT2D eigenvalue weighted by Crippen LogP contribution is 2.30. The van der Waals surface area contributed by atoms with E-state index in [0.717, 1.165) is 43.8 Å². The molecular weight excluding hydrogens is 362 g/mol. The first kappa shape index (κ1) is 20.0. The molecule has 6 nitrogen and oxygen atoms in total. The average Bonchev–Trinajstić information content (AvgIpc) is 2.80. The van der Waals surface area contributed by atoms with E-state index in [1.807, 2.05) is 12.1 Å². The minimum atomic E-state index is 0.526. The lowest BCUT2D eigenvalue weighted by Crippen LogP contribution is -2.47. The molecule has 0 bridgehead atoms. The topological polar surface area (TPSA) is 53.5 Å². The summed E-state index contributed by atoms with van der Waals surface area (Å²) in [5, 5.41) is 3.49. The van der Waals surface area contributed by atoms with E-state index in [1.165, 1.54) is 44.3 Å². The number of aromatic nitrogens is 2. The van der Waals surface area contributed by atoms with E-state index in [4.69, 9.17) is 4.74 Å². The predicted molar refractivity (Wildman–Crippen MR) is 118 cm³/mol. The van der Waals surface area contributed by atoms with Crippen LogP contribution in [-0.2, 0) is 0 Å². The second-order valence-electron chi connectivity index (χ2n) is 8.22. The number of nitrogens with one attached hydrogen (secondary N) is 1. The molecule has 0 unspecified atom stereocenters. The van der Waals surface area contributed by atoms with Gasteiger partial charge in [-0.25, -0.2) is 9.97 Å².